The molecular weight excluding hydrogens is 276 g/mol. The molecule has 1 N–H and O–H groups in total. The molecule has 0 spiro atoms. The summed E-state index contributed by atoms with van der Waals surface area (Å²) in [5, 5.41) is 3.57. The number of hydrogen-bond acceptors (Lipinski definition) is 2. The van der Waals surface area contributed by atoms with Gasteiger partial charge >= 0.3 is 0 Å². The van der Waals surface area contributed by atoms with E-state index in [9.17, 15) is 0 Å². The van der Waals surface area contributed by atoms with Gasteiger partial charge in [0, 0.05) is 35.3 Å². The van der Waals surface area contributed by atoms with Crippen molar-refractivity contribution in [3.63, 3.8) is 0 Å². The number of nitrogens with zero attached hydrogens (tertiary/aromatic N) is 1. The Balaban J connectivity index is 2.25. The van der Waals surface area contributed by atoms with Crippen LogP contribution in [0, 0.1) is 5.92 Å². The lowest BCUT2D eigenvalue weighted by molar-refractivity contribution is 0.349. The van der Waals surface area contributed by atoms with Crippen LogP contribution in [0.5, 0.6) is 0 Å². The Morgan fingerprint density at radius 3 is 2.82 bits per heavy atom. The molecule has 0 bridgehead atoms. The van der Waals surface area contributed by atoms with Crippen LogP contribution in [-0.2, 0) is 0 Å². The molecule has 0 aliphatic carbocycles. The second kappa shape index (κ2) is 5.40. The predicted octanol–water partition coefficient (Wildman–Crippen LogP) is 3.27. The minimum atomic E-state index is 0.559. The largest absolute Gasteiger partial charge is 0.365 e. The molecule has 1 aliphatic heterocycles. The number of rotatable bonds is 2. The highest BCUT2D eigenvalue weighted by Crippen LogP contribution is 2.26. The second-order valence-electron chi connectivity index (χ2n) is 5.25. The highest BCUT2D eigenvalue weighted by molar-refractivity contribution is 9.10. The third kappa shape index (κ3) is 3.02. The van der Waals surface area contributed by atoms with E-state index >= 15 is 0 Å². The van der Waals surface area contributed by atoms with Gasteiger partial charge in [0.2, 0.25) is 0 Å². The predicted molar refractivity (Wildman–Crippen MR) is 77.6 cm³/mol. The number of halogens is 1. The first-order valence-corrected chi connectivity index (χ1v) is 7.13. The molecule has 2 nitrogen and oxygen atoms in total. The zero-order chi connectivity index (χ0) is 12.4. The van der Waals surface area contributed by atoms with Crippen LogP contribution in [0.15, 0.2) is 28.7 Å². The van der Waals surface area contributed by atoms with Gasteiger partial charge in [0.1, 0.15) is 0 Å². The molecule has 1 aromatic rings. The van der Waals surface area contributed by atoms with E-state index in [1.165, 1.54) is 5.69 Å². The minimum Gasteiger partial charge on any atom is -0.365 e. The van der Waals surface area contributed by atoms with Gasteiger partial charge in [-0.2, -0.15) is 0 Å². The lowest BCUT2D eigenvalue weighted by Gasteiger charge is -2.43. The molecular formula is C14H21BrN2. The summed E-state index contributed by atoms with van der Waals surface area (Å²) in [5.41, 5.74) is 1.33. The number of anilines is 1. The zero-order valence-corrected chi connectivity index (χ0v) is 12.4. The Kier molecular flexibility index (Phi) is 4.10. The lowest BCUT2D eigenvalue weighted by Crippen LogP contribution is -2.57. The van der Waals surface area contributed by atoms with E-state index in [4.69, 9.17) is 0 Å². The number of hydrogen-bond donors (Lipinski definition) is 1. The van der Waals surface area contributed by atoms with Crippen molar-refractivity contribution in [1.29, 1.82) is 0 Å². The van der Waals surface area contributed by atoms with Crippen molar-refractivity contribution >= 4 is 21.6 Å². The van der Waals surface area contributed by atoms with Gasteiger partial charge in [0.25, 0.3) is 0 Å². The van der Waals surface area contributed by atoms with E-state index in [2.05, 4.69) is 71.2 Å². The summed E-state index contributed by atoms with van der Waals surface area (Å²) in [6.07, 6.45) is 0. The quantitative estimate of drug-likeness (QED) is 0.901. The van der Waals surface area contributed by atoms with Gasteiger partial charge in [-0.05, 0) is 31.0 Å². The summed E-state index contributed by atoms with van der Waals surface area (Å²) >= 11 is 3.56. The first-order chi connectivity index (χ1) is 8.08. The molecule has 0 amide bonds. The normalized spacial score (nSPS) is 25.4. The molecule has 2 rings (SSSR count). The van der Waals surface area contributed by atoms with Crippen molar-refractivity contribution < 1.29 is 0 Å². The summed E-state index contributed by atoms with van der Waals surface area (Å²) in [6.45, 7) is 9.01. The van der Waals surface area contributed by atoms with Crippen molar-refractivity contribution in [3.8, 4) is 0 Å². The van der Waals surface area contributed by atoms with E-state index < -0.39 is 0 Å². The standard InChI is InChI=1S/C14H21BrN2/c1-10(2)14-8-16-11(3)9-17(14)13-6-4-5-12(15)7-13/h4-7,10-11,14,16H,8-9H2,1-3H3. The average molecular weight is 297 g/mol. The van der Waals surface area contributed by atoms with Gasteiger partial charge < -0.3 is 10.2 Å². The van der Waals surface area contributed by atoms with Crippen LogP contribution in [0.4, 0.5) is 5.69 Å². The van der Waals surface area contributed by atoms with Gasteiger partial charge in [-0.1, -0.05) is 35.8 Å². The highest BCUT2D eigenvalue weighted by atomic mass is 79.9. The molecule has 2 unspecified atom stereocenters. The third-order valence-electron chi connectivity index (χ3n) is 3.46. The van der Waals surface area contributed by atoms with E-state index in [-0.39, 0.29) is 0 Å². The van der Waals surface area contributed by atoms with Crippen LogP contribution in [0.25, 0.3) is 0 Å². The topological polar surface area (TPSA) is 15.3 Å². The van der Waals surface area contributed by atoms with Crippen LogP contribution < -0.4 is 10.2 Å². The molecule has 94 valence electrons. The highest BCUT2D eigenvalue weighted by Gasteiger charge is 2.28. The van der Waals surface area contributed by atoms with Crippen molar-refractivity contribution in [2.75, 3.05) is 18.0 Å². The van der Waals surface area contributed by atoms with Gasteiger partial charge in [0.05, 0.1) is 0 Å². The molecule has 17 heavy (non-hydrogen) atoms. The second-order valence-corrected chi connectivity index (χ2v) is 6.17. The van der Waals surface area contributed by atoms with Crippen molar-refractivity contribution in [2.24, 2.45) is 5.92 Å². The Bertz CT molecular complexity index is 378. The smallest absolute Gasteiger partial charge is 0.0438 e. The van der Waals surface area contributed by atoms with E-state index in [1.54, 1.807) is 0 Å². The summed E-state index contributed by atoms with van der Waals surface area (Å²) in [7, 11) is 0. The lowest BCUT2D eigenvalue weighted by atomic mass is 9.98. The number of nitrogens with one attached hydrogen (secondary N) is 1. The van der Waals surface area contributed by atoms with Gasteiger partial charge in [-0.15, -0.1) is 0 Å². The maximum atomic E-state index is 3.57. The van der Waals surface area contributed by atoms with Crippen molar-refractivity contribution in [1.82, 2.24) is 5.32 Å². The fraction of sp³-hybridized carbons (Fsp3) is 0.571. The third-order valence-corrected chi connectivity index (χ3v) is 3.95. The molecule has 0 saturated carbocycles. The fourth-order valence-corrected chi connectivity index (χ4v) is 2.86. The van der Waals surface area contributed by atoms with E-state index in [0.717, 1.165) is 17.6 Å². The first-order valence-electron chi connectivity index (χ1n) is 6.33. The van der Waals surface area contributed by atoms with Gasteiger partial charge in [-0.25, -0.2) is 0 Å². The number of benzene rings is 1. The molecule has 3 heteroatoms. The summed E-state index contributed by atoms with van der Waals surface area (Å²) in [6, 6.07) is 9.76. The number of piperazine rings is 1. The SMILES string of the molecule is CC1CN(c2cccc(Br)c2)C(C(C)C)CN1. The summed E-state index contributed by atoms with van der Waals surface area (Å²) < 4.78 is 1.16. The maximum absolute atomic E-state index is 3.57. The van der Waals surface area contributed by atoms with Crippen molar-refractivity contribution in [3.05, 3.63) is 28.7 Å². The fourth-order valence-electron chi connectivity index (χ4n) is 2.47. The zero-order valence-electron chi connectivity index (χ0n) is 10.8. The minimum absolute atomic E-state index is 0.559. The monoisotopic (exact) mass is 296 g/mol. The Hall–Kier alpha value is -0.540. The maximum Gasteiger partial charge on any atom is 0.0438 e. The van der Waals surface area contributed by atoms with Gasteiger partial charge in [0.15, 0.2) is 0 Å². The molecule has 0 radical (unpaired) electrons. The van der Waals surface area contributed by atoms with E-state index in [1.807, 2.05) is 0 Å². The molecule has 1 fully saturated rings. The average Bonchev–Trinajstić information content (AvgIpc) is 2.28. The summed E-state index contributed by atoms with van der Waals surface area (Å²) in [4.78, 5) is 2.54. The molecule has 2 atom stereocenters. The molecule has 0 aromatic heterocycles. The van der Waals surface area contributed by atoms with Crippen LogP contribution >= 0.6 is 15.9 Å². The Morgan fingerprint density at radius 1 is 1.41 bits per heavy atom. The van der Waals surface area contributed by atoms with Crippen LogP contribution in [0.3, 0.4) is 0 Å². The molecule has 1 aromatic carbocycles. The van der Waals surface area contributed by atoms with Crippen LogP contribution in [-0.4, -0.2) is 25.2 Å². The Labute approximate surface area is 113 Å². The van der Waals surface area contributed by atoms with Crippen LogP contribution in [0.1, 0.15) is 20.8 Å². The molecule has 1 aliphatic rings. The first kappa shape index (κ1) is 12.9. The van der Waals surface area contributed by atoms with Crippen LogP contribution in [0.2, 0.25) is 0 Å². The summed E-state index contributed by atoms with van der Waals surface area (Å²) in [5.74, 6) is 0.661. The molecule has 1 heterocycles. The van der Waals surface area contributed by atoms with Crippen molar-refractivity contribution in [2.45, 2.75) is 32.9 Å². The molecule has 1 saturated heterocycles. The van der Waals surface area contributed by atoms with E-state index in [0.29, 0.717) is 18.0 Å². The van der Waals surface area contributed by atoms with Gasteiger partial charge in [-0.3, -0.25) is 0 Å². The Morgan fingerprint density at radius 2 is 2.18 bits per heavy atom.